The standard InChI is InChI=1S/C6H10N2O3S/c1-3-12(9,10)4-6-7-5(2)11-8-6/h3-4H2,1-2H3. The Kier molecular flexibility index (Phi) is 2.46. The minimum Gasteiger partial charge on any atom is -0.340 e. The van der Waals surface area contributed by atoms with Gasteiger partial charge in [0, 0.05) is 12.7 Å². The maximum Gasteiger partial charge on any atom is 0.223 e. The van der Waals surface area contributed by atoms with Crippen molar-refractivity contribution in [2.24, 2.45) is 0 Å². The van der Waals surface area contributed by atoms with Crippen molar-refractivity contribution in [3.8, 4) is 0 Å². The van der Waals surface area contributed by atoms with Crippen molar-refractivity contribution >= 4 is 9.84 Å². The Morgan fingerprint density at radius 3 is 2.58 bits per heavy atom. The summed E-state index contributed by atoms with van der Waals surface area (Å²) in [6.45, 7) is 3.21. The highest BCUT2D eigenvalue weighted by Crippen LogP contribution is 2.02. The second-order valence-corrected chi connectivity index (χ2v) is 4.76. The third kappa shape index (κ3) is 2.30. The van der Waals surface area contributed by atoms with E-state index in [0.29, 0.717) is 5.89 Å². The molecule has 0 saturated carbocycles. The van der Waals surface area contributed by atoms with Crippen molar-refractivity contribution < 1.29 is 12.9 Å². The lowest BCUT2D eigenvalue weighted by Gasteiger charge is -1.93. The van der Waals surface area contributed by atoms with Gasteiger partial charge in [-0.15, -0.1) is 0 Å². The van der Waals surface area contributed by atoms with E-state index >= 15 is 0 Å². The van der Waals surface area contributed by atoms with Crippen molar-refractivity contribution in [3.63, 3.8) is 0 Å². The fourth-order valence-corrected chi connectivity index (χ4v) is 1.41. The summed E-state index contributed by atoms with van der Waals surface area (Å²) in [6, 6.07) is 0. The van der Waals surface area contributed by atoms with Crippen molar-refractivity contribution in [2.75, 3.05) is 5.75 Å². The quantitative estimate of drug-likeness (QED) is 0.686. The molecule has 0 bridgehead atoms. The van der Waals surface area contributed by atoms with Crippen LogP contribution in [0.2, 0.25) is 0 Å². The number of aromatic nitrogens is 2. The van der Waals surface area contributed by atoms with Gasteiger partial charge in [0.25, 0.3) is 0 Å². The van der Waals surface area contributed by atoms with E-state index in [1.807, 2.05) is 0 Å². The van der Waals surface area contributed by atoms with Crippen LogP contribution in [0.5, 0.6) is 0 Å². The lowest BCUT2D eigenvalue weighted by molar-refractivity contribution is 0.388. The summed E-state index contributed by atoms with van der Waals surface area (Å²) in [4.78, 5) is 3.79. The van der Waals surface area contributed by atoms with Gasteiger partial charge in [-0.05, 0) is 0 Å². The zero-order chi connectivity index (χ0) is 9.19. The minimum absolute atomic E-state index is 0.0978. The summed E-state index contributed by atoms with van der Waals surface area (Å²) in [7, 11) is -3.04. The van der Waals surface area contributed by atoms with E-state index < -0.39 is 9.84 Å². The van der Waals surface area contributed by atoms with Crippen LogP contribution in [-0.4, -0.2) is 24.3 Å². The molecule has 0 amide bonds. The second-order valence-electron chi connectivity index (χ2n) is 2.41. The second kappa shape index (κ2) is 3.22. The van der Waals surface area contributed by atoms with Gasteiger partial charge in [0.1, 0.15) is 5.75 Å². The molecule has 0 unspecified atom stereocenters. The normalized spacial score (nSPS) is 11.8. The van der Waals surface area contributed by atoms with Gasteiger partial charge >= 0.3 is 0 Å². The third-order valence-corrected chi connectivity index (χ3v) is 2.94. The fourth-order valence-electron chi connectivity index (χ4n) is 0.699. The summed E-state index contributed by atoms with van der Waals surface area (Å²) < 4.78 is 26.7. The van der Waals surface area contributed by atoms with Crippen molar-refractivity contribution in [3.05, 3.63) is 11.7 Å². The predicted octanol–water partition coefficient (Wildman–Crippen LogP) is 0.313. The van der Waals surface area contributed by atoms with Gasteiger partial charge in [0.2, 0.25) is 5.89 Å². The Hall–Kier alpha value is -0.910. The zero-order valence-corrected chi connectivity index (χ0v) is 7.76. The van der Waals surface area contributed by atoms with E-state index in [0.717, 1.165) is 0 Å². The summed E-state index contributed by atoms with van der Waals surface area (Å²) in [5.74, 6) is 0.576. The lowest BCUT2D eigenvalue weighted by Crippen LogP contribution is -2.07. The van der Waals surface area contributed by atoms with Gasteiger partial charge in [-0.25, -0.2) is 8.42 Å². The molecule has 68 valence electrons. The number of hydrogen-bond donors (Lipinski definition) is 0. The van der Waals surface area contributed by atoms with E-state index in [1.165, 1.54) is 0 Å². The number of sulfone groups is 1. The highest BCUT2D eigenvalue weighted by Gasteiger charge is 2.12. The Bertz CT molecular complexity index is 355. The summed E-state index contributed by atoms with van der Waals surface area (Å²) in [6.07, 6.45) is 0. The molecule has 0 fully saturated rings. The molecule has 0 aliphatic carbocycles. The number of hydrogen-bond acceptors (Lipinski definition) is 5. The first-order valence-electron chi connectivity index (χ1n) is 3.53. The van der Waals surface area contributed by atoms with Crippen molar-refractivity contribution in [2.45, 2.75) is 19.6 Å². The Morgan fingerprint density at radius 1 is 1.50 bits per heavy atom. The molecule has 1 heterocycles. The highest BCUT2D eigenvalue weighted by atomic mass is 32.2. The Labute approximate surface area is 70.7 Å². The first-order chi connectivity index (χ1) is 5.53. The molecule has 0 N–H and O–H groups in total. The maximum absolute atomic E-state index is 11.1. The molecule has 0 spiro atoms. The van der Waals surface area contributed by atoms with E-state index in [4.69, 9.17) is 0 Å². The van der Waals surface area contributed by atoms with Crippen LogP contribution in [0.15, 0.2) is 4.52 Å². The van der Waals surface area contributed by atoms with Gasteiger partial charge in [-0.1, -0.05) is 12.1 Å². The largest absolute Gasteiger partial charge is 0.340 e. The SMILES string of the molecule is CCS(=O)(=O)Cc1noc(C)n1. The van der Waals surface area contributed by atoms with Gasteiger partial charge in [0.05, 0.1) is 0 Å². The molecule has 0 radical (unpaired) electrons. The Morgan fingerprint density at radius 2 is 2.17 bits per heavy atom. The fraction of sp³-hybridized carbons (Fsp3) is 0.667. The molecular formula is C6H10N2O3S. The van der Waals surface area contributed by atoms with Crippen LogP contribution in [-0.2, 0) is 15.6 Å². The number of rotatable bonds is 3. The summed E-state index contributed by atoms with van der Waals surface area (Å²) in [5.41, 5.74) is 0. The van der Waals surface area contributed by atoms with E-state index in [1.54, 1.807) is 13.8 Å². The van der Waals surface area contributed by atoms with Crippen LogP contribution in [0, 0.1) is 6.92 Å². The molecule has 5 nitrogen and oxygen atoms in total. The first kappa shape index (κ1) is 9.18. The van der Waals surface area contributed by atoms with Gasteiger partial charge in [-0.3, -0.25) is 0 Å². The van der Waals surface area contributed by atoms with Crippen LogP contribution in [0.3, 0.4) is 0 Å². The van der Waals surface area contributed by atoms with Crippen LogP contribution >= 0.6 is 0 Å². The monoisotopic (exact) mass is 190 g/mol. The molecule has 6 heteroatoms. The maximum atomic E-state index is 11.1. The summed E-state index contributed by atoms with van der Waals surface area (Å²) >= 11 is 0. The molecule has 1 aromatic heterocycles. The zero-order valence-electron chi connectivity index (χ0n) is 6.94. The molecule has 0 aliphatic rings. The smallest absolute Gasteiger partial charge is 0.223 e. The number of nitrogens with zero attached hydrogens (tertiary/aromatic N) is 2. The van der Waals surface area contributed by atoms with E-state index in [2.05, 4.69) is 14.7 Å². The van der Waals surface area contributed by atoms with Crippen LogP contribution in [0.4, 0.5) is 0 Å². The van der Waals surface area contributed by atoms with Gasteiger partial charge in [0.15, 0.2) is 15.7 Å². The van der Waals surface area contributed by atoms with Crippen molar-refractivity contribution in [1.82, 2.24) is 10.1 Å². The number of aryl methyl sites for hydroxylation is 1. The summed E-state index contributed by atoms with van der Waals surface area (Å²) in [5, 5.41) is 3.48. The minimum atomic E-state index is -3.04. The molecule has 0 aromatic carbocycles. The molecule has 0 atom stereocenters. The van der Waals surface area contributed by atoms with Gasteiger partial charge in [-0.2, -0.15) is 4.98 Å². The van der Waals surface area contributed by atoms with Gasteiger partial charge < -0.3 is 4.52 Å². The lowest BCUT2D eigenvalue weighted by atomic mass is 10.7. The molecule has 1 aromatic rings. The molecular weight excluding hydrogens is 180 g/mol. The third-order valence-electron chi connectivity index (χ3n) is 1.36. The van der Waals surface area contributed by atoms with Crippen molar-refractivity contribution in [1.29, 1.82) is 0 Å². The van der Waals surface area contributed by atoms with Crippen LogP contribution < -0.4 is 0 Å². The van der Waals surface area contributed by atoms with Crippen LogP contribution in [0.25, 0.3) is 0 Å². The molecule has 1 rings (SSSR count). The van der Waals surface area contributed by atoms with Crippen LogP contribution in [0.1, 0.15) is 18.6 Å². The molecule has 12 heavy (non-hydrogen) atoms. The molecule has 0 aliphatic heterocycles. The Balaban J connectivity index is 2.77. The van der Waals surface area contributed by atoms with E-state index in [-0.39, 0.29) is 17.3 Å². The topological polar surface area (TPSA) is 73.1 Å². The average molecular weight is 190 g/mol. The first-order valence-corrected chi connectivity index (χ1v) is 5.35. The molecule has 0 saturated heterocycles. The van der Waals surface area contributed by atoms with E-state index in [9.17, 15) is 8.42 Å². The predicted molar refractivity (Wildman–Crippen MR) is 42.2 cm³/mol. The average Bonchev–Trinajstić information content (AvgIpc) is 2.35. The highest BCUT2D eigenvalue weighted by molar-refractivity contribution is 7.90.